The number of piperazine rings is 1. The lowest BCUT2D eigenvalue weighted by Crippen LogP contribution is -2.48. The maximum Gasteiger partial charge on any atom is 0.230 e. The Morgan fingerprint density at radius 1 is 1.17 bits per heavy atom. The summed E-state index contributed by atoms with van der Waals surface area (Å²) in [5.74, 6) is 0.0636. The monoisotopic (exact) mass is 464 g/mol. The van der Waals surface area contributed by atoms with Crippen LogP contribution in [0.25, 0.3) is 10.2 Å². The maximum absolute atomic E-state index is 12.9. The van der Waals surface area contributed by atoms with Crippen molar-refractivity contribution in [1.82, 2.24) is 15.2 Å². The molecular weight excluding hydrogens is 443 g/mol. The topological polar surface area (TPSA) is 48.5 Å². The molecule has 1 saturated heterocycles. The molecule has 0 spiro atoms. The SMILES string of the molecule is O=C(CSc1ccc(F)cc1)NCCN1CCN(c2nc3ccc(Cl)cc3s2)CC1. The van der Waals surface area contributed by atoms with E-state index in [1.165, 1.54) is 23.9 Å². The third-order valence-corrected chi connectivity index (χ3v) is 7.24. The number of thiazole rings is 1. The van der Waals surface area contributed by atoms with Gasteiger partial charge in [-0.3, -0.25) is 9.69 Å². The number of rotatable bonds is 7. The van der Waals surface area contributed by atoms with Gasteiger partial charge in [-0.1, -0.05) is 22.9 Å². The Labute approximate surface area is 188 Å². The molecule has 2 heterocycles. The molecule has 0 atom stereocenters. The Kier molecular flexibility index (Phi) is 7.09. The van der Waals surface area contributed by atoms with Crippen LogP contribution in [0.2, 0.25) is 5.02 Å². The zero-order chi connectivity index (χ0) is 20.9. The van der Waals surface area contributed by atoms with Gasteiger partial charge in [0.15, 0.2) is 5.13 Å². The second kappa shape index (κ2) is 9.96. The lowest BCUT2D eigenvalue weighted by atomic mass is 10.3. The summed E-state index contributed by atoms with van der Waals surface area (Å²) in [5.41, 5.74) is 0.989. The molecule has 0 saturated carbocycles. The molecule has 0 aliphatic carbocycles. The first-order valence-corrected chi connectivity index (χ1v) is 11.9. The fourth-order valence-electron chi connectivity index (χ4n) is 3.27. The van der Waals surface area contributed by atoms with Crippen LogP contribution in [-0.4, -0.2) is 60.8 Å². The fourth-order valence-corrected chi connectivity index (χ4v) is 5.29. The summed E-state index contributed by atoms with van der Waals surface area (Å²) in [6.45, 7) is 5.18. The fraction of sp³-hybridized carbons (Fsp3) is 0.333. The van der Waals surface area contributed by atoms with Crippen LogP contribution in [0, 0.1) is 5.82 Å². The van der Waals surface area contributed by atoms with Crippen molar-refractivity contribution in [1.29, 1.82) is 0 Å². The van der Waals surface area contributed by atoms with Crippen LogP contribution in [0.1, 0.15) is 0 Å². The number of nitrogens with one attached hydrogen (secondary N) is 1. The van der Waals surface area contributed by atoms with Crippen LogP contribution in [0.15, 0.2) is 47.4 Å². The van der Waals surface area contributed by atoms with E-state index >= 15 is 0 Å². The smallest absolute Gasteiger partial charge is 0.230 e. The van der Waals surface area contributed by atoms with Crippen LogP contribution in [0.5, 0.6) is 0 Å². The number of hydrogen-bond donors (Lipinski definition) is 1. The number of fused-ring (bicyclic) bond motifs is 1. The minimum Gasteiger partial charge on any atom is -0.354 e. The molecule has 5 nitrogen and oxygen atoms in total. The average Bonchev–Trinajstić information content (AvgIpc) is 3.17. The van der Waals surface area contributed by atoms with Gasteiger partial charge in [0.1, 0.15) is 5.82 Å². The van der Waals surface area contributed by atoms with Crippen molar-refractivity contribution < 1.29 is 9.18 Å². The highest BCUT2D eigenvalue weighted by atomic mass is 35.5. The standard InChI is InChI=1S/C21H22ClFN4OS2/c22-15-1-6-18-19(13-15)30-21(25-18)27-11-9-26(10-12-27)8-7-24-20(28)14-29-17-4-2-16(23)3-5-17/h1-6,13H,7-12,14H2,(H,24,28). The number of anilines is 1. The Hall–Kier alpha value is -1.87. The van der Waals surface area contributed by atoms with E-state index in [2.05, 4.69) is 15.1 Å². The number of carbonyl (C=O) groups is 1. The number of nitrogens with zero attached hydrogens (tertiary/aromatic N) is 3. The molecule has 4 rings (SSSR count). The number of halogens is 2. The van der Waals surface area contributed by atoms with Crippen molar-refractivity contribution >= 4 is 56.0 Å². The van der Waals surface area contributed by atoms with Gasteiger partial charge in [0, 0.05) is 49.2 Å². The molecule has 0 radical (unpaired) electrons. The first-order chi connectivity index (χ1) is 14.6. The van der Waals surface area contributed by atoms with Gasteiger partial charge >= 0.3 is 0 Å². The van der Waals surface area contributed by atoms with E-state index in [0.29, 0.717) is 12.3 Å². The third kappa shape index (κ3) is 5.63. The predicted octanol–water partition coefficient (Wildman–Crippen LogP) is 4.12. The van der Waals surface area contributed by atoms with Crippen molar-refractivity contribution in [2.75, 3.05) is 49.9 Å². The zero-order valence-electron chi connectivity index (χ0n) is 16.3. The van der Waals surface area contributed by atoms with Gasteiger partial charge in [0.25, 0.3) is 0 Å². The lowest BCUT2D eigenvalue weighted by molar-refractivity contribution is -0.118. The molecule has 0 unspecified atom stereocenters. The molecule has 1 N–H and O–H groups in total. The van der Waals surface area contributed by atoms with Gasteiger partial charge < -0.3 is 10.2 Å². The van der Waals surface area contributed by atoms with Crippen LogP contribution in [-0.2, 0) is 4.79 Å². The van der Waals surface area contributed by atoms with Crippen molar-refractivity contribution in [3.63, 3.8) is 0 Å². The quantitative estimate of drug-likeness (QED) is 0.533. The summed E-state index contributed by atoms with van der Waals surface area (Å²) in [7, 11) is 0. The summed E-state index contributed by atoms with van der Waals surface area (Å²) in [6, 6.07) is 12.0. The molecule has 30 heavy (non-hydrogen) atoms. The Balaban J connectivity index is 1.16. The van der Waals surface area contributed by atoms with Crippen LogP contribution in [0.3, 0.4) is 0 Å². The lowest BCUT2D eigenvalue weighted by Gasteiger charge is -2.34. The van der Waals surface area contributed by atoms with Gasteiger partial charge in [-0.25, -0.2) is 9.37 Å². The van der Waals surface area contributed by atoms with E-state index in [-0.39, 0.29) is 11.7 Å². The van der Waals surface area contributed by atoms with Gasteiger partial charge in [-0.2, -0.15) is 0 Å². The number of carbonyl (C=O) groups excluding carboxylic acids is 1. The molecule has 3 aromatic rings. The number of aromatic nitrogens is 1. The largest absolute Gasteiger partial charge is 0.354 e. The average molecular weight is 465 g/mol. The number of thioether (sulfide) groups is 1. The molecule has 1 fully saturated rings. The van der Waals surface area contributed by atoms with E-state index in [1.54, 1.807) is 23.5 Å². The van der Waals surface area contributed by atoms with Gasteiger partial charge in [0.05, 0.1) is 16.0 Å². The van der Waals surface area contributed by atoms with E-state index in [4.69, 9.17) is 16.6 Å². The maximum atomic E-state index is 12.9. The third-order valence-electron chi connectivity index (χ3n) is 4.92. The molecule has 158 valence electrons. The second-order valence-corrected chi connectivity index (χ2v) is 9.52. The Bertz CT molecular complexity index is 1010. The highest BCUT2D eigenvalue weighted by Crippen LogP contribution is 2.31. The number of benzene rings is 2. The molecule has 2 aromatic carbocycles. The molecular formula is C21H22ClFN4OS2. The van der Waals surface area contributed by atoms with E-state index in [1.807, 2.05) is 18.2 Å². The van der Waals surface area contributed by atoms with Crippen LogP contribution >= 0.6 is 34.7 Å². The predicted molar refractivity (Wildman–Crippen MR) is 123 cm³/mol. The number of hydrogen-bond acceptors (Lipinski definition) is 6. The van der Waals surface area contributed by atoms with Gasteiger partial charge in [-0.15, -0.1) is 11.8 Å². The summed E-state index contributed by atoms with van der Waals surface area (Å²) in [5, 5.41) is 4.74. The summed E-state index contributed by atoms with van der Waals surface area (Å²) in [4.78, 5) is 22.3. The summed E-state index contributed by atoms with van der Waals surface area (Å²) in [6.07, 6.45) is 0. The van der Waals surface area contributed by atoms with E-state index < -0.39 is 0 Å². The molecule has 1 amide bonds. The first kappa shape index (κ1) is 21.4. The highest BCUT2D eigenvalue weighted by molar-refractivity contribution is 8.00. The van der Waals surface area contributed by atoms with Crippen molar-refractivity contribution in [2.45, 2.75) is 4.90 Å². The zero-order valence-corrected chi connectivity index (χ0v) is 18.7. The summed E-state index contributed by atoms with van der Waals surface area (Å²) >= 11 is 9.16. The molecule has 1 aromatic heterocycles. The van der Waals surface area contributed by atoms with Crippen molar-refractivity contribution in [3.8, 4) is 0 Å². The normalized spacial score (nSPS) is 14.9. The van der Waals surface area contributed by atoms with Crippen LogP contribution in [0.4, 0.5) is 9.52 Å². The van der Waals surface area contributed by atoms with Gasteiger partial charge in [-0.05, 0) is 42.5 Å². The Morgan fingerprint density at radius 3 is 2.70 bits per heavy atom. The molecule has 1 aliphatic heterocycles. The number of amides is 1. The molecule has 1 aliphatic rings. The van der Waals surface area contributed by atoms with Gasteiger partial charge in [0.2, 0.25) is 5.91 Å². The minimum absolute atomic E-state index is 0.00361. The molecule has 9 heteroatoms. The van der Waals surface area contributed by atoms with Crippen molar-refractivity contribution in [2.24, 2.45) is 0 Å². The van der Waals surface area contributed by atoms with E-state index in [0.717, 1.165) is 58.0 Å². The summed E-state index contributed by atoms with van der Waals surface area (Å²) < 4.78 is 14.0. The minimum atomic E-state index is -0.267. The van der Waals surface area contributed by atoms with Crippen molar-refractivity contribution in [3.05, 3.63) is 53.3 Å². The van der Waals surface area contributed by atoms with E-state index in [9.17, 15) is 9.18 Å². The highest BCUT2D eigenvalue weighted by Gasteiger charge is 2.19. The second-order valence-electron chi connectivity index (χ2n) is 7.03. The molecule has 0 bridgehead atoms. The Morgan fingerprint density at radius 2 is 1.93 bits per heavy atom. The van der Waals surface area contributed by atoms with Crippen LogP contribution < -0.4 is 10.2 Å². The first-order valence-electron chi connectivity index (χ1n) is 9.75.